The number of anilines is 1. The lowest BCUT2D eigenvalue weighted by atomic mass is 10.1. The van der Waals surface area contributed by atoms with E-state index in [0.717, 1.165) is 19.5 Å². The van der Waals surface area contributed by atoms with E-state index in [-0.39, 0.29) is 35.9 Å². The Morgan fingerprint density at radius 2 is 2.26 bits per heavy atom. The van der Waals surface area contributed by atoms with Crippen molar-refractivity contribution < 1.29 is 19.4 Å². The minimum absolute atomic E-state index is 0.101. The molecule has 7 heteroatoms. The van der Waals surface area contributed by atoms with E-state index in [1.54, 1.807) is 6.07 Å². The summed E-state index contributed by atoms with van der Waals surface area (Å²) in [5.41, 5.74) is 0.532. The summed E-state index contributed by atoms with van der Waals surface area (Å²) in [6, 6.07) is 3.45. The Bertz CT molecular complexity index is 644. The third-order valence-electron chi connectivity index (χ3n) is 4.25. The second-order valence-corrected chi connectivity index (χ2v) is 6.25. The molecule has 3 rings (SSSR count). The van der Waals surface area contributed by atoms with E-state index in [0.29, 0.717) is 17.4 Å². The maximum atomic E-state index is 12.4. The summed E-state index contributed by atoms with van der Waals surface area (Å²) in [6.45, 7) is 5.94. The molecule has 1 fully saturated rings. The molecule has 1 aromatic rings. The Morgan fingerprint density at radius 3 is 2.96 bits per heavy atom. The second-order valence-electron chi connectivity index (χ2n) is 6.25. The predicted molar refractivity (Wildman–Crippen MR) is 84.8 cm³/mol. The third kappa shape index (κ3) is 3.24. The monoisotopic (exact) mass is 319 g/mol. The maximum Gasteiger partial charge on any atom is 0.262 e. The molecule has 2 aliphatic heterocycles. The number of likely N-dealkylation sites (tertiary alicyclic amines) is 1. The standard InChI is InChI=1S/C16H21N3O4/c1-9(2)19-4-3-11(7-19)17-16(22)10-5-12(20)15-13(6-10)23-8-14(21)18-15/h5-6,9,11,20H,3-4,7-8H2,1-2H3,(H,17,22)(H,18,21)/t11-/m0/s1. The first-order valence-electron chi connectivity index (χ1n) is 7.78. The second kappa shape index (κ2) is 6.08. The molecule has 0 spiro atoms. The van der Waals surface area contributed by atoms with E-state index in [4.69, 9.17) is 4.74 Å². The number of rotatable bonds is 3. The van der Waals surface area contributed by atoms with E-state index >= 15 is 0 Å². The van der Waals surface area contributed by atoms with Crippen molar-refractivity contribution in [3.63, 3.8) is 0 Å². The lowest BCUT2D eigenvalue weighted by Crippen LogP contribution is -2.38. The minimum Gasteiger partial charge on any atom is -0.506 e. The van der Waals surface area contributed by atoms with Crippen molar-refractivity contribution in [2.45, 2.75) is 32.4 Å². The molecule has 1 saturated heterocycles. The van der Waals surface area contributed by atoms with Crippen molar-refractivity contribution in [1.29, 1.82) is 0 Å². The number of aromatic hydroxyl groups is 1. The molecule has 1 atom stereocenters. The van der Waals surface area contributed by atoms with Gasteiger partial charge in [0.05, 0.1) is 0 Å². The van der Waals surface area contributed by atoms with Crippen molar-refractivity contribution in [1.82, 2.24) is 10.2 Å². The number of fused-ring (bicyclic) bond motifs is 1. The lowest BCUT2D eigenvalue weighted by Gasteiger charge is -2.21. The fourth-order valence-corrected chi connectivity index (χ4v) is 2.93. The molecule has 0 radical (unpaired) electrons. The number of phenolic OH excluding ortho intramolecular Hbond substituents is 1. The average molecular weight is 319 g/mol. The summed E-state index contributed by atoms with van der Waals surface area (Å²) in [5, 5.41) is 15.5. The molecule has 7 nitrogen and oxygen atoms in total. The van der Waals surface area contributed by atoms with Crippen LogP contribution in [0.1, 0.15) is 30.6 Å². The van der Waals surface area contributed by atoms with Crippen LogP contribution in [0.4, 0.5) is 5.69 Å². The number of amides is 2. The normalized spacial score (nSPS) is 20.8. The Balaban J connectivity index is 1.71. The van der Waals surface area contributed by atoms with Crippen molar-refractivity contribution in [3.8, 4) is 11.5 Å². The molecule has 0 saturated carbocycles. The van der Waals surface area contributed by atoms with Crippen LogP contribution < -0.4 is 15.4 Å². The number of hydrogen-bond donors (Lipinski definition) is 3. The molecule has 2 heterocycles. The summed E-state index contributed by atoms with van der Waals surface area (Å²) in [5.74, 6) is -0.440. The van der Waals surface area contributed by atoms with Gasteiger partial charge in [-0.15, -0.1) is 0 Å². The van der Waals surface area contributed by atoms with Crippen LogP contribution in [0.15, 0.2) is 12.1 Å². The SMILES string of the molecule is CC(C)N1CC[C@H](NC(=O)c2cc(O)c3c(c2)OCC(=O)N3)C1. The highest BCUT2D eigenvalue weighted by Crippen LogP contribution is 2.37. The van der Waals surface area contributed by atoms with Gasteiger partial charge in [0, 0.05) is 30.7 Å². The van der Waals surface area contributed by atoms with Gasteiger partial charge in [-0.2, -0.15) is 0 Å². The number of nitrogens with one attached hydrogen (secondary N) is 2. The van der Waals surface area contributed by atoms with Gasteiger partial charge in [-0.3, -0.25) is 14.5 Å². The zero-order chi connectivity index (χ0) is 16.6. The first-order valence-corrected chi connectivity index (χ1v) is 7.78. The van der Waals surface area contributed by atoms with Gasteiger partial charge < -0.3 is 20.5 Å². The largest absolute Gasteiger partial charge is 0.506 e. The molecule has 0 unspecified atom stereocenters. The van der Waals surface area contributed by atoms with Crippen molar-refractivity contribution in [2.75, 3.05) is 25.0 Å². The number of nitrogens with zero attached hydrogens (tertiary/aromatic N) is 1. The Morgan fingerprint density at radius 1 is 1.48 bits per heavy atom. The van der Waals surface area contributed by atoms with E-state index in [1.165, 1.54) is 6.07 Å². The van der Waals surface area contributed by atoms with Crippen LogP contribution in [0, 0.1) is 0 Å². The van der Waals surface area contributed by atoms with E-state index in [1.807, 2.05) is 0 Å². The number of phenols is 1. The molecular weight excluding hydrogens is 298 g/mol. The molecule has 2 aliphatic rings. The zero-order valence-corrected chi connectivity index (χ0v) is 13.3. The van der Waals surface area contributed by atoms with Crippen LogP contribution in [0.3, 0.4) is 0 Å². The van der Waals surface area contributed by atoms with Gasteiger partial charge in [-0.1, -0.05) is 0 Å². The topological polar surface area (TPSA) is 90.9 Å². The Labute approximate surface area is 134 Å². The fourth-order valence-electron chi connectivity index (χ4n) is 2.93. The van der Waals surface area contributed by atoms with Crippen LogP contribution >= 0.6 is 0 Å². The van der Waals surface area contributed by atoms with Crippen LogP contribution in [0.25, 0.3) is 0 Å². The molecule has 0 bridgehead atoms. The number of carbonyl (C=O) groups excluding carboxylic acids is 2. The van der Waals surface area contributed by atoms with Crippen LogP contribution in [0.2, 0.25) is 0 Å². The summed E-state index contributed by atoms with van der Waals surface area (Å²) >= 11 is 0. The Hall–Kier alpha value is -2.28. The number of benzene rings is 1. The van der Waals surface area contributed by atoms with Crippen LogP contribution in [0.5, 0.6) is 11.5 Å². The first-order chi connectivity index (χ1) is 10.9. The average Bonchev–Trinajstić information content (AvgIpc) is 2.96. The predicted octanol–water partition coefficient (Wildman–Crippen LogP) is 0.936. The smallest absolute Gasteiger partial charge is 0.262 e. The van der Waals surface area contributed by atoms with E-state index < -0.39 is 0 Å². The van der Waals surface area contributed by atoms with Gasteiger partial charge in [0.2, 0.25) is 0 Å². The summed E-state index contributed by atoms with van der Waals surface area (Å²) < 4.78 is 5.27. The molecule has 23 heavy (non-hydrogen) atoms. The molecule has 0 aromatic heterocycles. The number of ether oxygens (including phenoxy) is 1. The number of hydrogen-bond acceptors (Lipinski definition) is 5. The first kappa shape index (κ1) is 15.6. The van der Waals surface area contributed by atoms with Gasteiger partial charge in [-0.05, 0) is 32.4 Å². The molecule has 1 aromatic carbocycles. The summed E-state index contributed by atoms with van der Waals surface area (Å²) in [4.78, 5) is 26.0. The molecular formula is C16H21N3O4. The molecule has 3 N–H and O–H groups in total. The maximum absolute atomic E-state index is 12.4. The summed E-state index contributed by atoms with van der Waals surface area (Å²) in [7, 11) is 0. The highest BCUT2D eigenvalue weighted by molar-refractivity contribution is 6.01. The van der Waals surface area contributed by atoms with E-state index in [2.05, 4.69) is 29.4 Å². The summed E-state index contributed by atoms with van der Waals surface area (Å²) in [6.07, 6.45) is 0.910. The minimum atomic E-state index is -0.329. The van der Waals surface area contributed by atoms with Gasteiger partial charge >= 0.3 is 0 Å². The Kier molecular flexibility index (Phi) is 4.12. The van der Waals surface area contributed by atoms with Gasteiger partial charge in [-0.25, -0.2) is 0 Å². The van der Waals surface area contributed by atoms with Crippen molar-refractivity contribution in [2.24, 2.45) is 0 Å². The molecule has 2 amide bonds. The van der Waals surface area contributed by atoms with Crippen LogP contribution in [-0.2, 0) is 4.79 Å². The van der Waals surface area contributed by atoms with Gasteiger partial charge in [0.15, 0.2) is 6.61 Å². The molecule has 124 valence electrons. The number of carbonyl (C=O) groups is 2. The lowest BCUT2D eigenvalue weighted by molar-refractivity contribution is -0.118. The van der Waals surface area contributed by atoms with Gasteiger partial charge in [0.1, 0.15) is 17.2 Å². The quantitative estimate of drug-likeness (QED) is 0.721. The van der Waals surface area contributed by atoms with Crippen LogP contribution in [-0.4, -0.2) is 53.6 Å². The van der Waals surface area contributed by atoms with Crippen molar-refractivity contribution >= 4 is 17.5 Å². The highest BCUT2D eigenvalue weighted by Gasteiger charge is 2.27. The van der Waals surface area contributed by atoms with E-state index in [9.17, 15) is 14.7 Å². The molecule has 0 aliphatic carbocycles. The third-order valence-corrected chi connectivity index (χ3v) is 4.25. The van der Waals surface area contributed by atoms with Gasteiger partial charge in [0.25, 0.3) is 11.8 Å². The van der Waals surface area contributed by atoms with Crippen molar-refractivity contribution in [3.05, 3.63) is 17.7 Å². The zero-order valence-electron chi connectivity index (χ0n) is 13.3. The highest BCUT2D eigenvalue weighted by atomic mass is 16.5. The fraction of sp³-hybridized carbons (Fsp3) is 0.500.